The third-order valence-corrected chi connectivity index (χ3v) is 3.73. The lowest BCUT2D eigenvalue weighted by atomic mass is 10.1. The number of halogens is 2. The molecule has 110 valence electrons. The molecule has 0 saturated heterocycles. The fourth-order valence-corrected chi connectivity index (χ4v) is 2.55. The van der Waals surface area contributed by atoms with Crippen LogP contribution in [0.5, 0.6) is 0 Å². The maximum Gasteiger partial charge on any atom is 0.335 e. The Balaban J connectivity index is 2.04. The summed E-state index contributed by atoms with van der Waals surface area (Å²) in [7, 11) is 0. The van der Waals surface area contributed by atoms with Crippen LogP contribution >= 0.6 is 15.9 Å². The second kappa shape index (κ2) is 6.72. The lowest BCUT2D eigenvalue weighted by molar-refractivity contribution is 0.0697. The van der Waals surface area contributed by atoms with Gasteiger partial charge in [-0.05, 0) is 65.2 Å². The van der Waals surface area contributed by atoms with E-state index >= 15 is 0 Å². The van der Waals surface area contributed by atoms with Gasteiger partial charge in [0.1, 0.15) is 5.82 Å². The monoisotopic (exact) mass is 351 g/mol. The van der Waals surface area contributed by atoms with E-state index in [1.165, 1.54) is 12.1 Å². The lowest BCUT2D eigenvalue weighted by Crippen LogP contribution is -2.18. The van der Waals surface area contributed by atoms with Crippen LogP contribution in [0.1, 0.15) is 22.8 Å². The summed E-state index contributed by atoms with van der Waals surface area (Å²) in [5.74, 6) is -1.20. The largest absolute Gasteiger partial charge is 0.478 e. The maximum atomic E-state index is 12.9. The molecule has 0 aliphatic heterocycles. The zero-order chi connectivity index (χ0) is 15.4. The third kappa shape index (κ3) is 4.29. The van der Waals surface area contributed by atoms with Gasteiger partial charge in [-0.1, -0.05) is 12.1 Å². The van der Waals surface area contributed by atoms with Crippen molar-refractivity contribution in [3.8, 4) is 0 Å². The standard InChI is InChI=1S/C16H15BrFNO2/c1-10(8-11-2-5-13(18)6-3-11)19-15-7-4-12(16(20)21)9-14(15)17/h2-7,9-10,19H,8H2,1H3,(H,20,21). The average Bonchev–Trinajstić information content (AvgIpc) is 2.43. The molecule has 5 heteroatoms. The van der Waals surface area contributed by atoms with Gasteiger partial charge in [0, 0.05) is 16.2 Å². The highest BCUT2D eigenvalue weighted by Gasteiger charge is 2.09. The number of aromatic carboxylic acids is 1. The van der Waals surface area contributed by atoms with Crippen LogP contribution in [0.25, 0.3) is 0 Å². The van der Waals surface area contributed by atoms with Gasteiger partial charge in [0.25, 0.3) is 0 Å². The molecule has 21 heavy (non-hydrogen) atoms. The second-order valence-corrected chi connectivity index (χ2v) is 5.73. The Hall–Kier alpha value is -1.88. The van der Waals surface area contributed by atoms with Gasteiger partial charge < -0.3 is 10.4 Å². The number of anilines is 1. The highest BCUT2D eigenvalue weighted by Crippen LogP contribution is 2.25. The van der Waals surface area contributed by atoms with Crippen LogP contribution in [-0.2, 0) is 6.42 Å². The summed E-state index contributed by atoms with van der Waals surface area (Å²) in [5, 5.41) is 12.2. The molecular weight excluding hydrogens is 337 g/mol. The van der Waals surface area contributed by atoms with Gasteiger partial charge in [0.15, 0.2) is 0 Å². The minimum Gasteiger partial charge on any atom is -0.478 e. The van der Waals surface area contributed by atoms with E-state index in [0.717, 1.165) is 17.7 Å². The van der Waals surface area contributed by atoms with E-state index < -0.39 is 5.97 Å². The first-order valence-corrected chi connectivity index (χ1v) is 7.29. The number of hydrogen-bond donors (Lipinski definition) is 2. The van der Waals surface area contributed by atoms with Gasteiger partial charge in [0.2, 0.25) is 0 Å². The number of carbonyl (C=O) groups is 1. The van der Waals surface area contributed by atoms with Crippen LogP contribution < -0.4 is 5.32 Å². The van der Waals surface area contributed by atoms with Gasteiger partial charge in [-0.2, -0.15) is 0 Å². The summed E-state index contributed by atoms with van der Waals surface area (Å²) in [4.78, 5) is 10.9. The number of hydrogen-bond acceptors (Lipinski definition) is 2. The normalized spacial score (nSPS) is 12.0. The van der Waals surface area contributed by atoms with E-state index in [9.17, 15) is 9.18 Å². The summed E-state index contributed by atoms with van der Waals surface area (Å²) < 4.78 is 13.6. The molecule has 2 aromatic carbocycles. The molecule has 0 radical (unpaired) electrons. The van der Waals surface area contributed by atoms with Crippen LogP contribution in [0.2, 0.25) is 0 Å². The fraction of sp³-hybridized carbons (Fsp3) is 0.188. The smallest absolute Gasteiger partial charge is 0.335 e. The quantitative estimate of drug-likeness (QED) is 0.842. The summed E-state index contributed by atoms with van der Waals surface area (Å²) >= 11 is 3.36. The molecule has 1 unspecified atom stereocenters. The van der Waals surface area contributed by atoms with Crippen molar-refractivity contribution in [1.29, 1.82) is 0 Å². The van der Waals surface area contributed by atoms with E-state index in [4.69, 9.17) is 5.11 Å². The summed E-state index contributed by atoms with van der Waals surface area (Å²) in [5.41, 5.74) is 2.10. The lowest BCUT2D eigenvalue weighted by Gasteiger charge is -2.17. The summed E-state index contributed by atoms with van der Waals surface area (Å²) in [6, 6.07) is 11.4. The maximum absolute atomic E-state index is 12.9. The van der Waals surface area contributed by atoms with Crippen LogP contribution in [0.4, 0.5) is 10.1 Å². The molecule has 0 amide bonds. The van der Waals surface area contributed by atoms with Crippen molar-refractivity contribution in [3.05, 3.63) is 63.9 Å². The van der Waals surface area contributed by atoms with E-state index in [1.807, 2.05) is 6.92 Å². The number of benzene rings is 2. The Morgan fingerprint density at radius 3 is 2.52 bits per heavy atom. The summed E-state index contributed by atoms with van der Waals surface area (Å²) in [6.45, 7) is 2.01. The molecule has 1 atom stereocenters. The summed E-state index contributed by atoms with van der Waals surface area (Å²) in [6.07, 6.45) is 0.743. The predicted molar refractivity (Wildman–Crippen MR) is 84.3 cm³/mol. The van der Waals surface area contributed by atoms with E-state index in [0.29, 0.717) is 4.47 Å². The van der Waals surface area contributed by atoms with Crippen LogP contribution in [-0.4, -0.2) is 17.1 Å². The van der Waals surface area contributed by atoms with Crippen LogP contribution in [0.15, 0.2) is 46.9 Å². The van der Waals surface area contributed by atoms with Crippen LogP contribution in [0.3, 0.4) is 0 Å². The Labute approximate surface area is 130 Å². The average molecular weight is 352 g/mol. The molecule has 2 aromatic rings. The molecule has 2 rings (SSSR count). The first kappa shape index (κ1) is 15.5. The Morgan fingerprint density at radius 2 is 1.95 bits per heavy atom. The molecule has 3 nitrogen and oxygen atoms in total. The van der Waals surface area contributed by atoms with Crippen molar-refractivity contribution in [2.24, 2.45) is 0 Å². The molecule has 0 saturated carbocycles. The fourth-order valence-electron chi connectivity index (χ4n) is 2.06. The molecule has 0 bridgehead atoms. The molecule has 2 N–H and O–H groups in total. The zero-order valence-corrected chi connectivity index (χ0v) is 13.0. The Bertz CT molecular complexity index is 643. The van der Waals surface area contributed by atoms with Gasteiger partial charge in [0.05, 0.1) is 5.56 Å². The number of nitrogens with one attached hydrogen (secondary N) is 1. The SMILES string of the molecule is CC(Cc1ccc(F)cc1)Nc1ccc(C(=O)O)cc1Br. The molecule has 0 spiro atoms. The van der Waals surface area contributed by atoms with E-state index in [1.54, 1.807) is 30.3 Å². The minimum atomic E-state index is -0.957. The molecule has 0 aromatic heterocycles. The Morgan fingerprint density at radius 1 is 1.29 bits per heavy atom. The van der Waals surface area contributed by atoms with Crippen molar-refractivity contribution in [2.75, 3.05) is 5.32 Å². The van der Waals surface area contributed by atoms with E-state index in [-0.39, 0.29) is 17.4 Å². The van der Waals surface area contributed by atoms with Crippen LogP contribution in [0, 0.1) is 5.82 Å². The first-order chi connectivity index (χ1) is 9.95. The number of rotatable bonds is 5. The molecule has 0 aliphatic rings. The highest BCUT2D eigenvalue weighted by molar-refractivity contribution is 9.10. The third-order valence-electron chi connectivity index (χ3n) is 3.07. The predicted octanol–water partition coefficient (Wildman–Crippen LogP) is 4.33. The molecule has 0 aliphatic carbocycles. The molecule has 0 fully saturated rings. The number of carboxylic acids is 1. The van der Waals surface area contributed by atoms with Gasteiger partial charge in [-0.3, -0.25) is 0 Å². The van der Waals surface area contributed by atoms with Gasteiger partial charge in [-0.15, -0.1) is 0 Å². The van der Waals surface area contributed by atoms with Crippen molar-refractivity contribution in [1.82, 2.24) is 0 Å². The Kier molecular flexibility index (Phi) is 4.96. The van der Waals surface area contributed by atoms with Crippen molar-refractivity contribution >= 4 is 27.6 Å². The minimum absolute atomic E-state index is 0.127. The van der Waals surface area contributed by atoms with Crippen molar-refractivity contribution < 1.29 is 14.3 Å². The van der Waals surface area contributed by atoms with Crippen molar-refractivity contribution in [2.45, 2.75) is 19.4 Å². The van der Waals surface area contributed by atoms with Crippen molar-refractivity contribution in [3.63, 3.8) is 0 Å². The van der Waals surface area contributed by atoms with Gasteiger partial charge >= 0.3 is 5.97 Å². The van der Waals surface area contributed by atoms with E-state index in [2.05, 4.69) is 21.2 Å². The zero-order valence-electron chi connectivity index (χ0n) is 11.4. The van der Waals surface area contributed by atoms with Gasteiger partial charge in [-0.25, -0.2) is 9.18 Å². The first-order valence-electron chi connectivity index (χ1n) is 6.49. The molecule has 0 heterocycles. The molecular formula is C16H15BrFNO2. The number of carboxylic acid groups (broad SMARTS) is 1. The highest BCUT2D eigenvalue weighted by atomic mass is 79.9. The second-order valence-electron chi connectivity index (χ2n) is 4.88. The topological polar surface area (TPSA) is 49.3 Å².